The molecule has 0 saturated carbocycles. The van der Waals surface area contributed by atoms with Crippen molar-refractivity contribution in [3.05, 3.63) is 59.7 Å². The highest BCUT2D eigenvalue weighted by molar-refractivity contribution is 6.18. The van der Waals surface area contributed by atoms with Crippen LogP contribution in [0.2, 0.25) is 0 Å². The summed E-state index contributed by atoms with van der Waals surface area (Å²) in [5.74, 6) is -0.331. The van der Waals surface area contributed by atoms with E-state index < -0.39 is 6.29 Å². The SMILES string of the molecule is CCO[C@H]1OC(=O)c2cccc3ccc4cccc1c4c23. The summed E-state index contributed by atoms with van der Waals surface area (Å²) in [4.78, 5) is 12.4. The number of rotatable bonds is 2. The van der Waals surface area contributed by atoms with Gasteiger partial charge >= 0.3 is 5.97 Å². The fourth-order valence-corrected chi connectivity index (χ4v) is 3.05. The minimum absolute atomic E-state index is 0.331. The summed E-state index contributed by atoms with van der Waals surface area (Å²) >= 11 is 0. The molecule has 0 saturated heterocycles. The Labute approximate surface area is 122 Å². The van der Waals surface area contributed by atoms with E-state index in [-0.39, 0.29) is 5.97 Å². The van der Waals surface area contributed by atoms with E-state index in [4.69, 9.17) is 9.47 Å². The number of carbonyl (C=O) groups is 1. The first kappa shape index (κ1) is 12.4. The molecule has 0 bridgehead atoms. The van der Waals surface area contributed by atoms with E-state index in [1.165, 1.54) is 0 Å². The second-order valence-corrected chi connectivity index (χ2v) is 5.11. The molecule has 3 aromatic carbocycles. The van der Waals surface area contributed by atoms with Gasteiger partial charge in [0, 0.05) is 17.6 Å². The second-order valence-electron chi connectivity index (χ2n) is 5.11. The lowest BCUT2D eigenvalue weighted by Gasteiger charge is -2.17. The minimum Gasteiger partial charge on any atom is -0.428 e. The molecule has 0 N–H and O–H groups in total. The standard InChI is InChI=1S/C18H14O3/c1-2-20-18-14-8-4-6-12-10-9-11-5-3-7-13(17(19)21-18)15(11)16(12)14/h3-10,18H,2H2,1H3/t18-/m0/s1. The third-order valence-electron chi connectivity index (χ3n) is 3.92. The van der Waals surface area contributed by atoms with Gasteiger partial charge in [0.05, 0.1) is 5.56 Å². The molecule has 1 heterocycles. The molecule has 1 aliphatic rings. The molecule has 0 unspecified atom stereocenters. The van der Waals surface area contributed by atoms with Crippen molar-refractivity contribution >= 4 is 27.5 Å². The van der Waals surface area contributed by atoms with E-state index in [9.17, 15) is 4.79 Å². The third-order valence-corrected chi connectivity index (χ3v) is 3.92. The van der Waals surface area contributed by atoms with Crippen LogP contribution in [-0.2, 0) is 9.47 Å². The number of esters is 1. The molecule has 3 heteroatoms. The second kappa shape index (κ2) is 4.57. The maximum atomic E-state index is 12.4. The maximum absolute atomic E-state index is 12.4. The normalized spacial score (nSPS) is 17.2. The third kappa shape index (κ3) is 1.74. The zero-order valence-corrected chi connectivity index (χ0v) is 11.6. The van der Waals surface area contributed by atoms with Crippen molar-refractivity contribution in [2.24, 2.45) is 0 Å². The van der Waals surface area contributed by atoms with Gasteiger partial charge in [-0.15, -0.1) is 0 Å². The summed E-state index contributed by atoms with van der Waals surface area (Å²) in [6, 6.07) is 15.8. The van der Waals surface area contributed by atoms with Crippen molar-refractivity contribution in [3.8, 4) is 0 Å². The summed E-state index contributed by atoms with van der Waals surface area (Å²) in [5.41, 5.74) is 1.52. The largest absolute Gasteiger partial charge is 0.428 e. The highest BCUT2D eigenvalue weighted by Gasteiger charge is 2.27. The van der Waals surface area contributed by atoms with E-state index in [1.807, 2.05) is 49.4 Å². The summed E-state index contributed by atoms with van der Waals surface area (Å²) < 4.78 is 11.2. The molecular weight excluding hydrogens is 264 g/mol. The molecule has 0 spiro atoms. The molecule has 0 aliphatic carbocycles. The maximum Gasteiger partial charge on any atom is 0.341 e. The molecule has 4 rings (SSSR count). The Bertz CT molecular complexity index is 867. The van der Waals surface area contributed by atoms with Gasteiger partial charge in [-0.25, -0.2) is 4.79 Å². The minimum atomic E-state index is -0.649. The number of ether oxygens (including phenoxy) is 2. The fraction of sp³-hybridized carbons (Fsp3) is 0.167. The van der Waals surface area contributed by atoms with Crippen LogP contribution in [0.15, 0.2) is 48.5 Å². The van der Waals surface area contributed by atoms with Gasteiger partial charge in [-0.1, -0.05) is 42.5 Å². The molecule has 3 aromatic rings. The lowest BCUT2D eigenvalue weighted by atomic mass is 9.95. The average molecular weight is 278 g/mol. The van der Waals surface area contributed by atoms with Crippen molar-refractivity contribution in [2.75, 3.05) is 6.61 Å². The Balaban J connectivity index is 2.19. The van der Waals surface area contributed by atoms with Crippen molar-refractivity contribution in [1.82, 2.24) is 0 Å². The average Bonchev–Trinajstić information content (AvgIpc) is 2.63. The van der Waals surface area contributed by atoms with Gasteiger partial charge in [0.15, 0.2) is 0 Å². The molecule has 21 heavy (non-hydrogen) atoms. The Morgan fingerprint density at radius 2 is 1.71 bits per heavy atom. The fourth-order valence-electron chi connectivity index (χ4n) is 3.05. The number of benzene rings is 3. The number of hydrogen-bond donors (Lipinski definition) is 0. The molecule has 0 fully saturated rings. The predicted molar refractivity (Wildman–Crippen MR) is 81.2 cm³/mol. The first-order chi connectivity index (χ1) is 10.3. The van der Waals surface area contributed by atoms with Crippen molar-refractivity contribution in [1.29, 1.82) is 0 Å². The highest BCUT2D eigenvalue weighted by Crippen LogP contribution is 2.38. The molecule has 1 atom stereocenters. The predicted octanol–water partition coefficient (Wildman–Crippen LogP) is 4.20. The van der Waals surface area contributed by atoms with Gasteiger partial charge in [0.25, 0.3) is 0 Å². The van der Waals surface area contributed by atoms with E-state index in [2.05, 4.69) is 6.07 Å². The van der Waals surface area contributed by atoms with Crippen LogP contribution in [-0.4, -0.2) is 12.6 Å². The molecule has 3 nitrogen and oxygen atoms in total. The Hall–Kier alpha value is -2.39. The van der Waals surface area contributed by atoms with Crippen LogP contribution >= 0.6 is 0 Å². The molecule has 104 valence electrons. The molecule has 0 radical (unpaired) electrons. The van der Waals surface area contributed by atoms with Crippen LogP contribution in [0.4, 0.5) is 0 Å². The van der Waals surface area contributed by atoms with Crippen LogP contribution in [0.3, 0.4) is 0 Å². The summed E-state index contributed by atoms with van der Waals surface area (Å²) in [6.45, 7) is 2.38. The van der Waals surface area contributed by atoms with Gasteiger partial charge in [-0.3, -0.25) is 0 Å². The number of hydrogen-bond acceptors (Lipinski definition) is 3. The van der Waals surface area contributed by atoms with Gasteiger partial charge in [0.1, 0.15) is 0 Å². The van der Waals surface area contributed by atoms with Gasteiger partial charge in [-0.05, 0) is 29.1 Å². The van der Waals surface area contributed by atoms with E-state index in [0.29, 0.717) is 12.2 Å². The van der Waals surface area contributed by atoms with Crippen LogP contribution in [0.1, 0.15) is 29.1 Å². The lowest BCUT2D eigenvalue weighted by molar-refractivity contribution is -0.108. The Morgan fingerprint density at radius 3 is 2.48 bits per heavy atom. The van der Waals surface area contributed by atoms with Crippen molar-refractivity contribution in [3.63, 3.8) is 0 Å². The molecule has 0 amide bonds. The Kier molecular flexibility index (Phi) is 2.69. The van der Waals surface area contributed by atoms with Crippen molar-refractivity contribution < 1.29 is 14.3 Å². The molecular formula is C18H14O3. The van der Waals surface area contributed by atoms with Crippen molar-refractivity contribution in [2.45, 2.75) is 13.2 Å². The molecule has 0 aromatic heterocycles. The van der Waals surface area contributed by atoms with Gasteiger partial charge in [-0.2, -0.15) is 0 Å². The monoisotopic (exact) mass is 278 g/mol. The first-order valence-electron chi connectivity index (χ1n) is 7.06. The summed E-state index contributed by atoms with van der Waals surface area (Å²) in [5, 5.41) is 4.14. The van der Waals surface area contributed by atoms with Gasteiger partial charge in [0.2, 0.25) is 6.29 Å². The molecule has 1 aliphatic heterocycles. The first-order valence-corrected chi connectivity index (χ1v) is 7.06. The Morgan fingerprint density at radius 1 is 1.00 bits per heavy atom. The summed E-state index contributed by atoms with van der Waals surface area (Å²) in [7, 11) is 0. The van der Waals surface area contributed by atoms with Crippen LogP contribution in [0.5, 0.6) is 0 Å². The van der Waals surface area contributed by atoms with Crippen LogP contribution in [0.25, 0.3) is 21.5 Å². The quantitative estimate of drug-likeness (QED) is 0.520. The van der Waals surface area contributed by atoms with E-state index >= 15 is 0 Å². The lowest BCUT2D eigenvalue weighted by Crippen LogP contribution is -2.12. The zero-order valence-electron chi connectivity index (χ0n) is 11.6. The van der Waals surface area contributed by atoms with Gasteiger partial charge < -0.3 is 9.47 Å². The van der Waals surface area contributed by atoms with Crippen LogP contribution < -0.4 is 0 Å². The number of cyclic esters (lactones) is 1. The topological polar surface area (TPSA) is 35.5 Å². The smallest absolute Gasteiger partial charge is 0.341 e. The zero-order chi connectivity index (χ0) is 14.4. The van der Waals surface area contributed by atoms with E-state index in [0.717, 1.165) is 27.1 Å². The van der Waals surface area contributed by atoms with Crippen LogP contribution in [0, 0.1) is 0 Å². The van der Waals surface area contributed by atoms with E-state index in [1.54, 1.807) is 0 Å². The number of carbonyl (C=O) groups excluding carboxylic acids is 1. The highest BCUT2D eigenvalue weighted by atomic mass is 16.7. The summed E-state index contributed by atoms with van der Waals surface area (Å²) in [6.07, 6.45) is -0.649.